The van der Waals surface area contributed by atoms with Crippen LogP contribution in [0.3, 0.4) is 0 Å². The maximum atomic E-state index is 12.1. The molecule has 0 spiro atoms. The first-order valence-corrected chi connectivity index (χ1v) is 9.41. The maximum Gasteiger partial charge on any atom is 1.00 e. The molecule has 0 atom stereocenters. The fourth-order valence-corrected chi connectivity index (χ4v) is 3.17. The number of hydroxylamine groups is 2. The summed E-state index contributed by atoms with van der Waals surface area (Å²) in [6.07, 6.45) is 6.05. The maximum absolute atomic E-state index is 12.1. The van der Waals surface area contributed by atoms with E-state index >= 15 is 0 Å². The minimum atomic E-state index is -3.11. The molecule has 13 heteroatoms. The third kappa shape index (κ3) is 7.07. The molecule has 1 aliphatic carbocycles. The predicted molar refractivity (Wildman–Crippen MR) is 87.9 cm³/mol. The molecule has 1 saturated heterocycles. The Morgan fingerprint density at radius 1 is 1.03 bits per heavy atom. The fourth-order valence-electron chi connectivity index (χ4n) is 3.17. The van der Waals surface area contributed by atoms with Crippen LogP contribution in [0.2, 0.25) is 0 Å². The quantitative estimate of drug-likeness (QED) is 0.245. The van der Waals surface area contributed by atoms with E-state index in [4.69, 9.17) is 17.5 Å². The van der Waals surface area contributed by atoms with Crippen LogP contribution >= 0.6 is 0 Å². The van der Waals surface area contributed by atoms with Crippen LogP contribution in [0.25, 0.3) is 0 Å². The Balaban J connectivity index is 0.000000771. The first-order valence-electron chi connectivity index (χ1n) is 8.41. The minimum Gasteiger partial charge on any atom is -0.333 e. The van der Waals surface area contributed by atoms with E-state index in [9.17, 15) is 24.0 Å². The molecule has 0 N–H and O–H groups in total. The van der Waals surface area contributed by atoms with Gasteiger partial charge in [-0.1, -0.05) is 6.42 Å². The molecule has 1 saturated carbocycles. The van der Waals surface area contributed by atoms with Gasteiger partial charge in [0.15, 0.2) is 0 Å². The Morgan fingerprint density at radius 2 is 1.55 bits per heavy atom. The molecule has 3 rings (SSSR count). The zero-order valence-corrected chi connectivity index (χ0v) is 18.4. The molecule has 4 amide bonds. The third-order valence-corrected chi connectivity index (χ3v) is 4.58. The van der Waals surface area contributed by atoms with E-state index in [-0.39, 0.29) is 59.6 Å². The van der Waals surface area contributed by atoms with Gasteiger partial charge in [0.1, 0.15) is 5.91 Å². The van der Waals surface area contributed by atoms with Crippen molar-refractivity contribution < 1.29 is 71.0 Å². The molecule has 2 aliphatic heterocycles. The average molecular weight is 436 g/mol. The SMILES string of the molecule is O=C(ON1C(=O)[CH-]CC1=O)C1CCC(CN2C(=O)C=CC2=O)CC1.O=S(=O)=O.[Na+]. The zero-order chi connectivity index (χ0) is 20.8. The first-order chi connectivity index (χ1) is 13.2. The van der Waals surface area contributed by atoms with E-state index in [1.807, 2.05) is 0 Å². The van der Waals surface area contributed by atoms with Crippen LogP contribution in [0.1, 0.15) is 32.1 Å². The fraction of sp³-hybridized carbons (Fsp3) is 0.500. The van der Waals surface area contributed by atoms with Crippen LogP contribution < -0.4 is 29.6 Å². The monoisotopic (exact) mass is 436 g/mol. The van der Waals surface area contributed by atoms with Gasteiger partial charge in [-0.2, -0.15) is 0 Å². The van der Waals surface area contributed by atoms with Gasteiger partial charge in [-0.05, 0) is 31.6 Å². The van der Waals surface area contributed by atoms with Crippen molar-refractivity contribution >= 4 is 40.2 Å². The largest absolute Gasteiger partial charge is 1.00 e. The average Bonchev–Trinajstić information content (AvgIpc) is 3.12. The summed E-state index contributed by atoms with van der Waals surface area (Å²) in [6, 6.07) is 0. The number of carbonyl (C=O) groups is 5. The van der Waals surface area contributed by atoms with Crippen molar-refractivity contribution in [2.45, 2.75) is 32.1 Å². The molecule has 0 radical (unpaired) electrons. The normalized spacial score (nSPS) is 23.2. The molecule has 0 aromatic rings. The van der Waals surface area contributed by atoms with E-state index in [0.29, 0.717) is 37.3 Å². The predicted octanol–water partition coefficient (Wildman–Crippen LogP) is -3.86. The van der Waals surface area contributed by atoms with Gasteiger partial charge in [-0.25, -0.2) is 4.79 Å². The molecule has 0 unspecified atom stereocenters. The van der Waals surface area contributed by atoms with Gasteiger partial charge < -0.3 is 9.63 Å². The summed E-state index contributed by atoms with van der Waals surface area (Å²) >= 11 is 0. The smallest absolute Gasteiger partial charge is 0.333 e. The van der Waals surface area contributed by atoms with E-state index in [1.165, 1.54) is 23.5 Å². The van der Waals surface area contributed by atoms with Crippen LogP contribution in [0, 0.1) is 18.3 Å². The van der Waals surface area contributed by atoms with Gasteiger partial charge in [-0.15, -0.1) is 17.7 Å². The van der Waals surface area contributed by atoms with E-state index in [1.54, 1.807) is 0 Å². The molecule has 152 valence electrons. The second-order valence-corrected chi connectivity index (χ2v) is 6.80. The van der Waals surface area contributed by atoms with Crippen molar-refractivity contribution in [2.24, 2.45) is 11.8 Å². The number of carbonyl (C=O) groups excluding carboxylic acids is 5. The molecular formula is C16H17N2NaO9S. The number of rotatable bonds is 4. The van der Waals surface area contributed by atoms with E-state index in [2.05, 4.69) is 0 Å². The standard InChI is InChI=1S/C16H17N2O6.Na.O3S/c19-12-5-6-13(20)17(12)9-10-1-3-11(4-2-10)16(23)24-18-14(21)7-8-15(18)22;;1-4(2)3/h5-7,10-11H,1-4,8-9H2;;/q-1;+1;. The summed E-state index contributed by atoms with van der Waals surface area (Å²) in [4.78, 5) is 64.2. The number of nitrogens with zero attached hydrogens (tertiary/aromatic N) is 2. The van der Waals surface area contributed by atoms with Gasteiger partial charge >= 0.3 is 46.1 Å². The van der Waals surface area contributed by atoms with Gasteiger partial charge in [0.05, 0.1) is 5.92 Å². The molecule has 3 aliphatic rings. The van der Waals surface area contributed by atoms with Gasteiger partial charge in [-0.3, -0.25) is 25.7 Å². The molecule has 0 aromatic heterocycles. The van der Waals surface area contributed by atoms with Gasteiger partial charge in [0.25, 0.3) is 11.8 Å². The van der Waals surface area contributed by atoms with Crippen molar-refractivity contribution in [3.05, 3.63) is 18.6 Å². The summed E-state index contributed by atoms with van der Waals surface area (Å²) in [5, 5.41) is 0.516. The Bertz CT molecular complexity index is 791. The van der Waals surface area contributed by atoms with Gasteiger partial charge in [0.2, 0.25) is 5.91 Å². The number of hydrogen-bond acceptors (Lipinski definition) is 9. The molecule has 0 aromatic carbocycles. The van der Waals surface area contributed by atoms with Crippen LogP contribution in [-0.4, -0.2) is 58.7 Å². The van der Waals surface area contributed by atoms with Gasteiger partial charge in [0, 0.05) is 18.7 Å². The van der Waals surface area contributed by atoms with Crippen LogP contribution in [-0.2, 0) is 39.4 Å². The summed E-state index contributed by atoms with van der Waals surface area (Å²) in [7, 11) is -3.11. The van der Waals surface area contributed by atoms with Crippen molar-refractivity contribution in [3.8, 4) is 0 Å². The Labute approximate surface area is 189 Å². The molecule has 29 heavy (non-hydrogen) atoms. The molecule has 2 heterocycles. The molecule has 0 bridgehead atoms. The summed E-state index contributed by atoms with van der Waals surface area (Å²) < 4.78 is 25.3. The van der Waals surface area contributed by atoms with Crippen LogP contribution in [0.5, 0.6) is 0 Å². The summed E-state index contributed by atoms with van der Waals surface area (Å²) in [6.45, 7) is 0.352. The summed E-state index contributed by atoms with van der Waals surface area (Å²) in [5.74, 6) is -2.58. The number of imide groups is 2. The van der Waals surface area contributed by atoms with E-state index in [0.717, 1.165) is 0 Å². The third-order valence-electron chi connectivity index (χ3n) is 4.58. The van der Waals surface area contributed by atoms with Crippen molar-refractivity contribution in [1.82, 2.24) is 9.96 Å². The van der Waals surface area contributed by atoms with Crippen molar-refractivity contribution in [1.29, 1.82) is 0 Å². The van der Waals surface area contributed by atoms with Crippen LogP contribution in [0.4, 0.5) is 0 Å². The Hall–Kier alpha value is -2.02. The molecule has 11 nitrogen and oxygen atoms in total. The Kier molecular flexibility index (Phi) is 9.70. The second kappa shape index (κ2) is 11.2. The Morgan fingerprint density at radius 3 is 2.00 bits per heavy atom. The molecular weight excluding hydrogens is 419 g/mol. The first kappa shape index (κ1) is 25.0. The van der Waals surface area contributed by atoms with E-state index < -0.39 is 28.4 Å². The zero-order valence-electron chi connectivity index (χ0n) is 15.6. The number of hydrogen-bond donors (Lipinski definition) is 0. The minimum absolute atomic E-state index is 0. The second-order valence-electron chi connectivity index (χ2n) is 6.39. The van der Waals surface area contributed by atoms with Crippen molar-refractivity contribution in [3.63, 3.8) is 0 Å². The van der Waals surface area contributed by atoms with Crippen molar-refractivity contribution in [2.75, 3.05) is 6.54 Å². The van der Waals surface area contributed by atoms with Crippen LogP contribution in [0.15, 0.2) is 12.2 Å². The number of amides is 4. The molecule has 2 fully saturated rings. The topological polar surface area (TPSA) is 152 Å². The summed E-state index contributed by atoms with van der Waals surface area (Å²) in [5.41, 5.74) is 0.